The number of piperazine rings is 2. The van der Waals surface area contributed by atoms with E-state index in [1.807, 2.05) is 9.80 Å². The maximum Gasteiger partial charge on any atom is 0.303 e. The summed E-state index contributed by atoms with van der Waals surface area (Å²) < 4.78 is 19.5. The van der Waals surface area contributed by atoms with Crippen molar-refractivity contribution in [2.24, 2.45) is 17.4 Å². The van der Waals surface area contributed by atoms with Crippen molar-refractivity contribution in [1.29, 1.82) is 0 Å². The number of aliphatic carboxylic acids is 1. The minimum atomic E-state index is -1.05. The van der Waals surface area contributed by atoms with E-state index in [0.29, 0.717) is 133 Å². The number of ether oxygens (including phenoxy) is 3. The zero-order valence-corrected chi connectivity index (χ0v) is 44.4. The fraction of sp³-hybridized carbons (Fsp3) is 0.529. The molecule has 3 aromatic heterocycles. The molecule has 4 atom stereocenters. The Hall–Kier alpha value is -7.21. The Morgan fingerprint density at radius 3 is 1.68 bits per heavy atom. The maximum atomic E-state index is 14.5. The zero-order chi connectivity index (χ0) is 54.0. The van der Waals surface area contributed by atoms with Gasteiger partial charge in [-0.2, -0.15) is 15.0 Å². The summed E-state index contributed by atoms with van der Waals surface area (Å²) in [5.74, 6) is 2.63. The molecule has 5 heterocycles. The normalized spacial score (nSPS) is 15.4. The van der Waals surface area contributed by atoms with Crippen LogP contribution >= 0.6 is 12.4 Å². The molecule has 2 fully saturated rings. The molecule has 2 aromatic carbocycles. The van der Waals surface area contributed by atoms with Crippen molar-refractivity contribution in [3.8, 4) is 23.8 Å². The van der Waals surface area contributed by atoms with Gasteiger partial charge < -0.3 is 65.9 Å². The van der Waals surface area contributed by atoms with Gasteiger partial charge >= 0.3 is 5.97 Å². The first-order valence-corrected chi connectivity index (χ1v) is 25.6. The maximum absolute atomic E-state index is 14.5. The average molecular weight is 1090 g/mol. The van der Waals surface area contributed by atoms with E-state index < -0.39 is 24.1 Å². The molecule has 2 unspecified atom stereocenters. The van der Waals surface area contributed by atoms with E-state index >= 15 is 0 Å². The third kappa shape index (κ3) is 17.4. The van der Waals surface area contributed by atoms with Gasteiger partial charge in [-0.15, -0.1) is 29.0 Å². The predicted molar refractivity (Wildman–Crippen MR) is 286 cm³/mol. The third-order valence-electron chi connectivity index (χ3n) is 13.0. The highest BCUT2D eigenvalue weighted by molar-refractivity contribution is 5.85. The van der Waals surface area contributed by atoms with Crippen molar-refractivity contribution in [3.63, 3.8) is 0 Å². The summed E-state index contributed by atoms with van der Waals surface area (Å²) >= 11 is 0. The Morgan fingerprint density at radius 1 is 0.675 bits per heavy atom. The molecule has 5 aromatic rings. The standard InChI is InChI=1S/C51H70N16O9.ClH/c1-4-24-74-26-28-76-29-27-75-25-15-54-49-55-50(64-20-16-62(17-21-64)47(72)44(13-14-46(70)71)66-33-43(59-60-66)41(53)31-36-5-9-38(68)10-6-36)57-51(56-49)65-22-18-63(19-23-65)48(73)45(32-37-7-11-39(69)12-8-37)67-34-42(58-61-67)40(52)30-35(2)3;/h1,5-12,33-35,40-41,44-45,68-69H,13-32,52-53H2,2-3H3,(H,70,71)(H,54,55,56,57);1H/t40?,41?,44-,45-;/m0./s1. The van der Waals surface area contributed by atoms with E-state index in [2.05, 4.69) is 45.7 Å². The van der Waals surface area contributed by atoms with Crippen LogP contribution in [0.4, 0.5) is 17.8 Å². The molecule has 25 nitrogen and oxygen atoms in total. The lowest BCUT2D eigenvalue weighted by atomic mass is 10.0. The Morgan fingerprint density at radius 2 is 1.16 bits per heavy atom. The zero-order valence-electron chi connectivity index (χ0n) is 43.5. The van der Waals surface area contributed by atoms with Gasteiger partial charge in [0.15, 0.2) is 0 Å². The number of nitrogens with zero attached hydrogens (tertiary/aromatic N) is 13. The second kappa shape index (κ2) is 29.3. The SMILES string of the molecule is C#CCOCCOCCOCCNc1nc(N2CCN(C(=O)[C@H](CCC(=O)O)n3cc(C(N)Cc4ccc(O)cc4)nn3)CC2)nc(N2CCN(C(=O)[C@H](Cc3ccc(O)cc3)n3cc(C(N)CC(C)C)nn3)CC2)n1.Cl. The molecule has 2 saturated heterocycles. The molecule has 416 valence electrons. The number of benzene rings is 2. The molecule has 0 saturated carbocycles. The number of aromatic hydroxyl groups is 2. The monoisotopic (exact) mass is 1090 g/mol. The summed E-state index contributed by atoms with van der Waals surface area (Å²) in [5.41, 5.74) is 15.7. The second-order valence-electron chi connectivity index (χ2n) is 19.1. The molecule has 26 heteroatoms. The summed E-state index contributed by atoms with van der Waals surface area (Å²) in [4.78, 5) is 62.5. The number of carbonyl (C=O) groups excluding carboxylic acids is 2. The molecule has 7 rings (SSSR count). The average Bonchev–Trinajstić information content (AvgIpc) is 4.13. The van der Waals surface area contributed by atoms with Crippen molar-refractivity contribution in [3.05, 3.63) is 83.4 Å². The number of carbonyl (C=O) groups is 3. The number of terminal acetylenes is 1. The first-order valence-electron chi connectivity index (χ1n) is 25.6. The van der Waals surface area contributed by atoms with Crippen molar-refractivity contribution < 1.29 is 43.9 Å². The number of hydrogen-bond donors (Lipinski definition) is 6. The number of phenolic OH excluding ortho intramolecular Hbond substituents is 2. The Balaban J connectivity index is 0.00000961. The molecule has 77 heavy (non-hydrogen) atoms. The highest BCUT2D eigenvalue weighted by atomic mass is 35.5. The van der Waals surface area contributed by atoms with E-state index in [9.17, 15) is 29.7 Å². The summed E-state index contributed by atoms with van der Waals surface area (Å²) in [6.45, 7) is 9.43. The van der Waals surface area contributed by atoms with Gasteiger partial charge in [0.1, 0.15) is 30.2 Å². The van der Waals surface area contributed by atoms with Gasteiger partial charge in [0, 0.05) is 71.7 Å². The Kier molecular flexibility index (Phi) is 22.5. The number of rotatable bonds is 28. The van der Waals surface area contributed by atoms with Crippen LogP contribution in [0.2, 0.25) is 0 Å². The van der Waals surface area contributed by atoms with Gasteiger partial charge in [-0.25, -0.2) is 9.36 Å². The van der Waals surface area contributed by atoms with E-state index in [1.165, 1.54) is 4.68 Å². The van der Waals surface area contributed by atoms with Gasteiger partial charge in [0.2, 0.25) is 29.7 Å². The molecular formula is C51H71ClN16O9. The van der Waals surface area contributed by atoms with E-state index in [0.717, 1.165) is 11.1 Å². The van der Waals surface area contributed by atoms with E-state index in [1.54, 1.807) is 75.4 Å². The molecule has 2 aliphatic heterocycles. The second-order valence-corrected chi connectivity index (χ2v) is 19.1. The van der Waals surface area contributed by atoms with Gasteiger partial charge in [0.05, 0.1) is 68.9 Å². The van der Waals surface area contributed by atoms with Crippen LogP contribution in [-0.2, 0) is 41.4 Å². The Labute approximate surface area is 453 Å². The summed E-state index contributed by atoms with van der Waals surface area (Å²) in [6.07, 6.45) is 9.70. The largest absolute Gasteiger partial charge is 0.508 e. The number of aromatic nitrogens is 9. The smallest absolute Gasteiger partial charge is 0.303 e. The van der Waals surface area contributed by atoms with Crippen LogP contribution in [0.1, 0.15) is 79.8 Å². The number of amides is 2. The van der Waals surface area contributed by atoms with Crippen molar-refractivity contribution in [1.82, 2.24) is 54.7 Å². The van der Waals surface area contributed by atoms with Crippen molar-refractivity contribution >= 4 is 48.0 Å². The van der Waals surface area contributed by atoms with E-state index in [-0.39, 0.29) is 74.3 Å². The minimum Gasteiger partial charge on any atom is -0.508 e. The predicted octanol–water partition coefficient (Wildman–Crippen LogP) is 2.16. The number of hydrogen-bond acceptors (Lipinski definition) is 20. The van der Waals surface area contributed by atoms with Crippen LogP contribution in [-0.4, -0.2) is 186 Å². The van der Waals surface area contributed by atoms with Crippen LogP contribution in [0, 0.1) is 18.3 Å². The lowest BCUT2D eigenvalue weighted by Crippen LogP contribution is -2.52. The Bertz CT molecular complexity index is 2670. The molecule has 0 aliphatic carbocycles. The summed E-state index contributed by atoms with van der Waals surface area (Å²) in [6, 6.07) is 10.9. The van der Waals surface area contributed by atoms with Crippen LogP contribution < -0.4 is 26.6 Å². The number of carboxylic acid groups (broad SMARTS) is 1. The first kappa shape index (κ1) is 59.0. The van der Waals surface area contributed by atoms with Gasteiger partial charge in [0.25, 0.3) is 0 Å². The quantitative estimate of drug-likeness (QED) is 0.0309. The number of nitrogens with one attached hydrogen (secondary N) is 1. The highest BCUT2D eigenvalue weighted by Gasteiger charge is 2.34. The van der Waals surface area contributed by atoms with Crippen molar-refractivity contribution in [2.75, 3.05) is 114 Å². The molecule has 0 radical (unpaired) electrons. The third-order valence-corrected chi connectivity index (χ3v) is 13.0. The summed E-state index contributed by atoms with van der Waals surface area (Å²) in [7, 11) is 0. The van der Waals surface area contributed by atoms with Crippen LogP contribution in [0.5, 0.6) is 11.5 Å². The van der Waals surface area contributed by atoms with Gasteiger partial charge in [-0.05, 0) is 60.6 Å². The number of phenols is 2. The van der Waals surface area contributed by atoms with Crippen LogP contribution in [0.25, 0.3) is 0 Å². The van der Waals surface area contributed by atoms with Crippen molar-refractivity contribution in [2.45, 2.75) is 70.1 Å². The molecule has 2 aliphatic rings. The van der Waals surface area contributed by atoms with Crippen LogP contribution in [0.3, 0.4) is 0 Å². The van der Waals surface area contributed by atoms with E-state index in [4.69, 9.17) is 47.1 Å². The molecular weight excluding hydrogens is 1020 g/mol. The lowest BCUT2D eigenvalue weighted by molar-refractivity contribution is -0.139. The van der Waals surface area contributed by atoms with Crippen LogP contribution in [0.15, 0.2) is 60.9 Å². The number of anilines is 3. The molecule has 0 spiro atoms. The number of carboxylic acids is 1. The fourth-order valence-corrected chi connectivity index (χ4v) is 8.82. The number of nitrogens with two attached hydrogens (primary N) is 2. The lowest BCUT2D eigenvalue weighted by Gasteiger charge is -2.38. The fourth-order valence-electron chi connectivity index (χ4n) is 8.82. The minimum absolute atomic E-state index is 0. The van der Waals surface area contributed by atoms with Gasteiger partial charge in [-0.3, -0.25) is 14.4 Å². The first-order chi connectivity index (χ1) is 36.7. The topological polar surface area (TPSA) is 317 Å². The molecule has 8 N–H and O–H groups in total. The highest BCUT2D eigenvalue weighted by Crippen LogP contribution is 2.26. The molecule has 0 bridgehead atoms. The van der Waals surface area contributed by atoms with Gasteiger partial charge in [-0.1, -0.05) is 54.5 Å². The summed E-state index contributed by atoms with van der Waals surface area (Å²) in [5, 5.41) is 49.8. The molecule has 2 amide bonds. The number of halogens is 1.